The van der Waals surface area contributed by atoms with Gasteiger partial charge in [-0.2, -0.15) is 0 Å². The summed E-state index contributed by atoms with van der Waals surface area (Å²) in [6.07, 6.45) is 0.00926. The maximum Gasteiger partial charge on any atom is 0.507 e. The molecular weight excluding hydrogens is 148 g/mol. The molecule has 0 saturated carbocycles. The van der Waals surface area contributed by atoms with Crippen LogP contribution in [0.1, 0.15) is 20.3 Å². The smallest absolute Gasteiger partial charge is 0.438 e. The fraction of sp³-hybridized carbons (Fsp3) is 0.714. The maximum atomic E-state index is 9.81. The zero-order valence-corrected chi connectivity index (χ0v) is 7.34. The van der Waals surface area contributed by atoms with Crippen LogP contribution >= 0.6 is 0 Å². The van der Waals surface area contributed by atoms with Crippen molar-refractivity contribution in [3.63, 3.8) is 0 Å². The lowest BCUT2D eigenvalue weighted by atomic mass is 10.4. The average molecular weight is 162 g/mol. The Balaban J connectivity index is 0. The second-order valence-corrected chi connectivity index (χ2v) is 1.71. The lowest BCUT2D eigenvalue weighted by Crippen LogP contribution is -1.97. The van der Waals surface area contributed by atoms with E-state index in [9.17, 15) is 9.59 Å². The van der Waals surface area contributed by atoms with Crippen molar-refractivity contribution in [1.82, 2.24) is 0 Å². The van der Waals surface area contributed by atoms with Gasteiger partial charge in [0.1, 0.15) is 5.78 Å². The van der Waals surface area contributed by atoms with E-state index in [1.165, 1.54) is 14.2 Å². The van der Waals surface area contributed by atoms with Gasteiger partial charge in [0.15, 0.2) is 0 Å². The van der Waals surface area contributed by atoms with E-state index in [0.717, 1.165) is 0 Å². The van der Waals surface area contributed by atoms with Crippen molar-refractivity contribution < 1.29 is 19.1 Å². The molecule has 0 aromatic heterocycles. The molecule has 0 amide bonds. The molecule has 66 valence electrons. The van der Waals surface area contributed by atoms with Crippen LogP contribution in [-0.2, 0) is 14.3 Å². The topological polar surface area (TPSA) is 52.6 Å². The Labute approximate surface area is 66.5 Å². The minimum atomic E-state index is -0.657. The average Bonchev–Trinajstić information content (AvgIpc) is 2.04. The first kappa shape index (κ1) is 12.6. The van der Waals surface area contributed by atoms with Crippen molar-refractivity contribution in [2.75, 3.05) is 14.2 Å². The molecule has 0 unspecified atom stereocenters. The Kier molecular flexibility index (Phi) is 10.2. The van der Waals surface area contributed by atoms with Gasteiger partial charge in [-0.1, -0.05) is 6.92 Å². The normalized spacial score (nSPS) is 7.27. The first-order valence-electron chi connectivity index (χ1n) is 3.19. The Bertz CT molecular complexity index is 114. The molecule has 0 N–H and O–H groups in total. The summed E-state index contributed by atoms with van der Waals surface area (Å²) in [4.78, 5) is 19.5. The number of hydrogen-bond donors (Lipinski definition) is 0. The molecule has 0 saturated heterocycles. The van der Waals surface area contributed by atoms with Gasteiger partial charge >= 0.3 is 6.16 Å². The molecule has 0 spiro atoms. The predicted octanol–water partition coefficient (Wildman–Crippen LogP) is 1.38. The number of hydrogen-bond acceptors (Lipinski definition) is 4. The van der Waals surface area contributed by atoms with E-state index < -0.39 is 6.16 Å². The molecular formula is C7H14O4. The predicted molar refractivity (Wildman–Crippen MR) is 40.4 cm³/mol. The van der Waals surface area contributed by atoms with Crippen LogP contribution in [0.5, 0.6) is 0 Å². The molecule has 0 rings (SSSR count). The summed E-state index contributed by atoms with van der Waals surface area (Å²) in [5.41, 5.74) is 0. The van der Waals surface area contributed by atoms with Crippen molar-refractivity contribution in [2.24, 2.45) is 0 Å². The van der Waals surface area contributed by atoms with Crippen LogP contribution in [0.4, 0.5) is 4.79 Å². The van der Waals surface area contributed by atoms with Crippen molar-refractivity contribution in [3.8, 4) is 0 Å². The zero-order valence-electron chi connectivity index (χ0n) is 7.34. The highest BCUT2D eigenvalue weighted by Gasteiger charge is 1.88. The summed E-state index contributed by atoms with van der Waals surface area (Å²) in [5, 5.41) is 0. The monoisotopic (exact) mass is 162 g/mol. The summed E-state index contributed by atoms with van der Waals surface area (Å²) < 4.78 is 8.08. The van der Waals surface area contributed by atoms with E-state index in [-0.39, 0.29) is 5.78 Å². The first-order valence-corrected chi connectivity index (χ1v) is 3.19. The molecule has 0 radical (unpaired) electrons. The quantitative estimate of drug-likeness (QED) is 0.546. The van der Waals surface area contributed by atoms with Crippen molar-refractivity contribution in [2.45, 2.75) is 20.3 Å². The van der Waals surface area contributed by atoms with E-state index in [2.05, 4.69) is 9.47 Å². The van der Waals surface area contributed by atoms with Gasteiger partial charge in [-0.05, 0) is 6.92 Å². The molecule has 4 heteroatoms. The Morgan fingerprint density at radius 2 is 1.45 bits per heavy atom. The lowest BCUT2D eigenvalue weighted by molar-refractivity contribution is -0.116. The highest BCUT2D eigenvalue weighted by molar-refractivity contribution is 5.74. The van der Waals surface area contributed by atoms with Crippen LogP contribution in [0.25, 0.3) is 0 Å². The van der Waals surface area contributed by atoms with Gasteiger partial charge in [-0.15, -0.1) is 0 Å². The maximum absolute atomic E-state index is 9.81. The van der Waals surface area contributed by atoms with Gasteiger partial charge in [0.25, 0.3) is 0 Å². The van der Waals surface area contributed by atoms with Gasteiger partial charge < -0.3 is 14.3 Å². The minimum Gasteiger partial charge on any atom is -0.438 e. The number of carbonyl (C=O) groups excluding carboxylic acids is 2. The SMILES string of the molecule is CCC(C)=O.COC(=O)OC. The molecule has 0 aromatic rings. The number of carbonyl (C=O) groups is 2. The lowest BCUT2D eigenvalue weighted by Gasteiger charge is -1.89. The highest BCUT2D eigenvalue weighted by Crippen LogP contribution is 1.72. The molecule has 0 aliphatic carbocycles. The summed E-state index contributed by atoms with van der Waals surface area (Å²) in [5.74, 6) is 0.255. The molecule has 4 nitrogen and oxygen atoms in total. The fourth-order valence-electron chi connectivity index (χ4n) is 0.0833. The number of Topliss-reactive ketones (excluding diaryl/α,β-unsaturated/α-hetero) is 1. The molecule has 0 atom stereocenters. The number of methoxy groups -OCH3 is 2. The van der Waals surface area contributed by atoms with Gasteiger partial charge in [-0.3, -0.25) is 0 Å². The molecule has 0 aliphatic rings. The summed E-state index contributed by atoms with van der Waals surface area (Å²) in [6, 6.07) is 0. The summed E-state index contributed by atoms with van der Waals surface area (Å²) in [6.45, 7) is 3.43. The van der Waals surface area contributed by atoms with Gasteiger partial charge in [0.05, 0.1) is 14.2 Å². The third-order valence-corrected chi connectivity index (χ3v) is 0.831. The molecule has 0 aromatic carbocycles. The van der Waals surface area contributed by atoms with Gasteiger partial charge in [0.2, 0.25) is 0 Å². The number of ether oxygens (including phenoxy) is 2. The van der Waals surface area contributed by atoms with E-state index in [0.29, 0.717) is 6.42 Å². The second kappa shape index (κ2) is 8.94. The third kappa shape index (κ3) is 17.6. The summed E-state index contributed by atoms with van der Waals surface area (Å²) in [7, 11) is 2.51. The van der Waals surface area contributed by atoms with Crippen LogP contribution in [-0.4, -0.2) is 26.2 Å². The Morgan fingerprint density at radius 1 is 1.18 bits per heavy atom. The summed E-state index contributed by atoms with van der Waals surface area (Å²) >= 11 is 0. The van der Waals surface area contributed by atoms with Crippen molar-refractivity contribution in [1.29, 1.82) is 0 Å². The molecule has 0 aliphatic heterocycles. The molecule has 0 bridgehead atoms. The second-order valence-electron chi connectivity index (χ2n) is 1.71. The van der Waals surface area contributed by atoms with Crippen molar-refractivity contribution in [3.05, 3.63) is 0 Å². The molecule has 0 fully saturated rings. The number of rotatable bonds is 1. The van der Waals surface area contributed by atoms with Crippen LogP contribution in [0, 0.1) is 0 Å². The fourth-order valence-corrected chi connectivity index (χ4v) is 0.0833. The molecule has 11 heavy (non-hydrogen) atoms. The van der Waals surface area contributed by atoms with Crippen LogP contribution in [0.2, 0.25) is 0 Å². The zero-order chi connectivity index (χ0) is 9.28. The van der Waals surface area contributed by atoms with Gasteiger partial charge in [0, 0.05) is 6.42 Å². The van der Waals surface area contributed by atoms with Crippen LogP contribution in [0.3, 0.4) is 0 Å². The van der Waals surface area contributed by atoms with E-state index in [1.54, 1.807) is 6.92 Å². The molecule has 0 heterocycles. The van der Waals surface area contributed by atoms with Crippen LogP contribution < -0.4 is 0 Å². The Morgan fingerprint density at radius 3 is 1.45 bits per heavy atom. The highest BCUT2D eigenvalue weighted by atomic mass is 16.7. The standard InChI is InChI=1S/C4H8O.C3H6O3/c1-3-4(2)5;1-5-3(4)6-2/h3H2,1-2H3;1-2H3. The van der Waals surface area contributed by atoms with Crippen molar-refractivity contribution >= 4 is 11.9 Å². The van der Waals surface area contributed by atoms with E-state index >= 15 is 0 Å². The number of ketones is 1. The first-order chi connectivity index (χ1) is 5.08. The van der Waals surface area contributed by atoms with E-state index in [4.69, 9.17) is 0 Å². The van der Waals surface area contributed by atoms with Crippen LogP contribution in [0.15, 0.2) is 0 Å². The largest absolute Gasteiger partial charge is 0.507 e. The minimum absolute atomic E-state index is 0.255. The van der Waals surface area contributed by atoms with E-state index in [1.807, 2.05) is 6.92 Å². The third-order valence-electron chi connectivity index (χ3n) is 0.831. The van der Waals surface area contributed by atoms with Gasteiger partial charge in [-0.25, -0.2) is 4.79 Å². The Hall–Kier alpha value is -1.06.